The molecule has 6 heteroatoms. The predicted octanol–water partition coefficient (Wildman–Crippen LogP) is 3.41. The van der Waals surface area contributed by atoms with Crippen molar-refractivity contribution in [3.8, 4) is 0 Å². The van der Waals surface area contributed by atoms with Crippen LogP contribution in [0, 0.1) is 5.82 Å². The molecular formula is C18H15FN2O2S. The van der Waals surface area contributed by atoms with Crippen LogP contribution in [0.4, 0.5) is 9.52 Å². The van der Waals surface area contributed by atoms with E-state index in [1.165, 1.54) is 23.5 Å². The smallest absolute Gasteiger partial charge is 0.310 e. The van der Waals surface area contributed by atoms with E-state index < -0.39 is 0 Å². The van der Waals surface area contributed by atoms with Crippen LogP contribution in [0.25, 0.3) is 10.2 Å². The van der Waals surface area contributed by atoms with Gasteiger partial charge in [-0.1, -0.05) is 41.7 Å². The fourth-order valence-electron chi connectivity index (χ4n) is 2.68. The van der Waals surface area contributed by atoms with E-state index in [4.69, 9.17) is 4.74 Å². The van der Waals surface area contributed by atoms with E-state index in [-0.39, 0.29) is 24.3 Å². The van der Waals surface area contributed by atoms with Gasteiger partial charge in [0.05, 0.1) is 29.7 Å². The first-order valence-electron chi connectivity index (χ1n) is 7.72. The average Bonchev–Trinajstić information content (AvgIpc) is 2.93. The number of fused-ring (bicyclic) bond motifs is 1. The van der Waals surface area contributed by atoms with Crippen LogP contribution < -0.4 is 4.90 Å². The number of anilines is 1. The van der Waals surface area contributed by atoms with Crippen molar-refractivity contribution < 1.29 is 13.9 Å². The Labute approximate surface area is 142 Å². The van der Waals surface area contributed by atoms with E-state index in [2.05, 4.69) is 4.98 Å². The molecule has 0 aliphatic carbocycles. The number of benzene rings is 2. The first-order valence-corrected chi connectivity index (χ1v) is 8.53. The van der Waals surface area contributed by atoms with Gasteiger partial charge in [0.15, 0.2) is 5.13 Å². The van der Waals surface area contributed by atoms with Gasteiger partial charge in [0.2, 0.25) is 0 Å². The Balaban J connectivity index is 1.33. The maximum absolute atomic E-state index is 13.2. The maximum atomic E-state index is 13.2. The molecule has 0 unspecified atom stereocenters. The lowest BCUT2D eigenvalue weighted by Crippen LogP contribution is -2.53. The minimum Gasteiger partial charge on any atom is -0.458 e. The standard InChI is InChI=1S/C18H15FN2O2S/c19-13-6-7-15-16(9-13)24-18(20-15)21-10-14(11-21)23-17(22)8-12-4-2-1-3-5-12/h1-7,9,14H,8,10-11H2. The Morgan fingerprint density at radius 3 is 2.83 bits per heavy atom. The number of thiazole rings is 1. The van der Waals surface area contributed by atoms with E-state index in [0.717, 1.165) is 20.9 Å². The zero-order valence-corrected chi connectivity index (χ0v) is 13.6. The molecule has 3 aromatic rings. The average molecular weight is 342 g/mol. The molecule has 122 valence electrons. The molecule has 1 saturated heterocycles. The van der Waals surface area contributed by atoms with Gasteiger partial charge in [0.1, 0.15) is 11.9 Å². The monoisotopic (exact) mass is 342 g/mol. The molecule has 0 atom stereocenters. The molecule has 1 aromatic heterocycles. The van der Waals surface area contributed by atoms with Gasteiger partial charge >= 0.3 is 5.97 Å². The summed E-state index contributed by atoms with van der Waals surface area (Å²) in [6.45, 7) is 1.26. The van der Waals surface area contributed by atoms with Gasteiger partial charge in [-0.3, -0.25) is 4.79 Å². The molecule has 0 N–H and O–H groups in total. The molecule has 24 heavy (non-hydrogen) atoms. The summed E-state index contributed by atoms with van der Waals surface area (Å²) in [5.74, 6) is -0.466. The lowest BCUT2D eigenvalue weighted by Gasteiger charge is -2.38. The summed E-state index contributed by atoms with van der Waals surface area (Å²) < 4.78 is 19.5. The summed E-state index contributed by atoms with van der Waals surface area (Å²) in [6.07, 6.45) is 0.183. The highest BCUT2D eigenvalue weighted by Gasteiger charge is 2.32. The Morgan fingerprint density at radius 1 is 1.25 bits per heavy atom. The van der Waals surface area contributed by atoms with Gasteiger partial charge in [-0.15, -0.1) is 0 Å². The minimum atomic E-state index is -0.256. The Kier molecular flexibility index (Phi) is 3.90. The van der Waals surface area contributed by atoms with Gasteiger partial charge < -0.3 is 9.64 Å². The number of nitrogens with zero attached hydrogens (tertiary/aromatic N) is 2. The number of halogens is 1. The summed E-state index contributed by atoms with van der Waals surface area (Å²) in [4.78, 5) is 18.5. The third-order valence-electron chi connectivity index (χ3n) is 3.95. The van der Waals surface area contributed by atoms with Crippen molar-refractivity contribution in [1.82, 2.24) is 4.98 Å². The van der Waals surface area contributed by atoms with Crippen molar-refractivity contribution >= 4 is 32.7 Å². The van der Waals surface area contributed by atoms with Crippen molar-refractivity contribution in [2.45, 2.75) is 12.5 Å². The third kappa shape index (κ3) is 3.10. The molecule has 0 spiro atoms. The number of rotatable bonds is 4. The number of carbonyl (C=O) groups excluding carboxylic acids is 1. The summed E-state index contributed by atoms with van der Waals surface area (Å²) >= 11 is 1.45. The first kappa shape index (κ1) is 15.1. The molecule has 0 amide bonds. The lowest BCUT2D eigenvalue weighted by molar-refractivity contribution is -0.149. The number of aromatic nitrogens is 1. The summed E-state index contributed by atoms with van der Waals surface area (Å²) in [5.41, 5.74) is 1.74. The van der Waals surface area contributed by atoms with Crippen LogP contribution in [-0.2, 0) is 16.0 Å². The molecule has 1 aliphatic heterocycles. The van der Waals surface area contributed by atoms with Crippen LogP contribution in [0.5, 0.6) is 0 Å². The molecule has 2 heterocycles. The normalized spacial score (nSPS) is 14.6. The summed E-state index contributed by atoms with van der Waals surface area (Å²) in [7, 11) is 0. The first-order chi connectivity index (χ1) is 11.7. The molecular weight excluding hydrogens is 327 g/mol. The van der Waals surface area contributed by atoms with Crippen LogP contribution in [0.15, 0.2) is 48.5 Å². The minimum absolute atomic E-state index is 0.107. The number of esters is 1. The second-order valence-corrected chi connectivity index (χ2v) is 6.80. The number of hydrogen-bond acceptors (Lipinski definition) is 5. The molecule has 4 nitrogen and oxygen atoms in total. The molecule has 0 saturated carbocycles. The second kappa shape index (κ2) is 6.20. The van der Waals surface area contributed by atoms with Crippen molar-refractivity contribution in [2.75, 3.05) is 18.0 Å². The van der Waals surface area contributed by atoms with E-state index in [0.29, 0.717) is 13.1 Å². The molecule has 4 rings (SSSR count). The third-order valence-corrected chi connectivity index (χ3v) is 5.03. The van der Waals surface area contributed by atoms with Gasteiger partial charge in [0, 0.05) is 0 Å². The van der Waals surface area contributed by atoms with Crippen LogP contribution in [0.2, 0.25) is 0 Å². The molecule has 2 aromatic carbocycles. The highest BCUT2D eigenvalue weighted by atomic mass is 32.1. The van der Waals surface area contributed by atoms with Crippen molar-refractivity contribution in [2.24, 2.45) is 0 Å². The SMILES string of the molecule is O=C(Cc1ccccc1)OC1CN(c2nc3ccc(F)cc3s2)C1. The van der Waals surface area contributed by atoms with Gasteiger partial charge in [-0.25, -0.2) is 9.37 Å². The van der Waals surface area contributed by atoms with E-state index in [1.54, 1.807) is 6.07 Å². The van der Waals surface area contributed by atoms with Gasteiger partial charge in [0.25, 0.3) is 0 Å². The molecule has 0 radical (unpaired) electrons. The maximum Gasteiger partial charge on any atom is 0.310 e. The quantitative estimate of drug-likeness (QED) is 0.682. The number of ether oxygens (including phenoxy) is 1. The van der Waals surface area contributed by atoms with Crippen LogP contribution in [0.3, 0.4) is 0 Å². The fraction of sp³-hybridized carbons (Fsp3) is 0.222. The zero-order chi connectivity index (χ0) is 16.5. The van der Waals surface area contributed by atoms with Crippen LogP contribution >= 0.6 is 11.3 Å². The highest BCUT2D eigenvalue weighted by Crippen LogP contribution is 2.32. The van der Waals surface area contributed by atoms with Crippen LogP contribution in [-0.4, -0.2) is 30.1 Å². The molecule has 1 fully saturated rings. The Bertz CT molecular complexity index is 875. The van der Waals surface area contributed by atoms with E-state index in [9.17, 15) is 9.18 Å². The molecule has 0 bridgehead atoms. The molecule has 1 aliphatic rings. The predicted molar refractivity (Wildman–Crippen MR) is 91.8 cm³/mol. The summed E-state index contributed by atoms with van der Waals surface area (Å²) in [6, 6.07) is 14.1. The van der Waals surface area contributed by atoms with Crippen LogP contribution in [0.1, 0.15) is 5.56 Å². The number of carbonyl (C=O) groups is 1. The Hall–Kier alpha value is -2.47. The number of hydrogen-bond donors (Lipinski definition) is 0. The highest BCUT2D eigenvalue weighted by molar-refractivity contribution is 7.22. The fourth-order valence-corrected chi connectivity index (χ4v) is 3.69. The largest absolute Gasteiger partial charge is 0.458 e. The Morgan fingerprint density at radius 2 is 2.04 bits per heavy atom. The van der Waals surface area contributed by atoms with Gasteiger partial charge in [-0.2, -0.15) is 0 Å². The topological polar surface area (TPSA) is 42.4 Å². The van der Waals surface area contributed by atoms with Crippen molar-refractivity contribution in [1.29, 1.82) is 0 Å². The summed E-state index contributed by atoms with van der Waals surface area (Å²) in [5, 5.41) is 0.839. The van der Waals surface area contributed by atoms with Crippen molar-refractivity contribution in [3.63, 3.8) is 0 Å². The lowest BCUT2D eigenvalue weighted by atomic mass is 10.1. The van der Waals surface area contributed by atoms with E-state index in [1.807, 2.05) is 35.2 Å². The van der Waals surface area contributed by atoms with Gasteiger partial charge in [-0.05, 0) is 23.8 Å². The van der Waals surface area contributed by atoms with Crippen molar-refractivity contribution in [3.05, 3.63) is 59.9 Å². The van der Waals surface area contributed by atoms with E-state index >= 15 is 0 Å². The zero-order valence-electron chi connectivity index (χ0n) is 12.8. The second-order valence-electron chi connectivity index (χ2n) is 5.79.